The van der Waals surface area contributed by atoms with Crippen LogP contribution in [-0.4, -0.2) is 37.7 Å². The lowest BCUT2D eigenvalue weighted by Gasteiger charge is -2.12. The third-order valence-electron chi connectivity index (χ3n) is 3.52. The van der Waals surface area contributed by atoms with Gasteiger partial charge in [-0.1, -0.05) is 0 Å². The zero-order chi connectivity index (χ0) is 19.8. The summed E-state index contributed by atoms with van der Waals surface area (Å²) in [5.41, 5.74) is 5.32. The van der Waals surface area contributed by atoms with Crippen LogP contribution >= 0.6 is 0 Å². The highest BCUT2D eigenvalue weighted by Gasteiger charge is 2.24. The van der Waals surface area contributed by atoms with Crippen LogP contribution in [0.2, 0.25) is 0 Å². The fourth-order valence-corrected chi connectivity index (χ4v) is 2.32. The Balaban J connectivity index is 2.27. The molecule has 0 aliphatic heterocycles. The molecule has 144 valence electrons. The summed E-state index contributed by atoms with van der Waals surface area (Å²) < 4.78 is 15.9. The highest BCUT2D eigenvalue weighted by atomic mass is 16.6. The van der Waals surface area contributed by atoms with Gasteiger partial charge in [0.2, 0.25) is 0 Å². The number of hydrogen-bond acceptors (Lipinski definition) is 7. The first-order valence-corrected chi connectivity index (χ1v) is 8.23. The molecule has 0 bridgehead atoms. The van der Waals surface area contributed by atoms with E-state index in [-0.39, 0.29) is 22.7 Å². The van der Waals surface area contributed by atoms with Gasteiger partial charge in [-0.15, -0.1) is 0 Å². The van der Waals surface area contributed by atoms with E-state index in [2.05, 4.69) is 5.32 Å². The van der Waals surface area contributed by atoms with Gasteiger partial charge in [0.1, 0.15) is 17.9 Å². The number of nitrogens with two attached hydrogens (primary N) is 1. The van der Waals surface area contributed by atoms with Crippen molar-refractivity contribution in [3.63, 3.8) is 0 Å². The summed E-state index contributed by atoms with van der Waals surface area (Å²) in [5.74, 6) is 0.397. The van der Waals surface area contributed by atoms with Crippen molar-refractivity contribution >= 4 is 17.3 Å². The number of rotatable bonds is 9. The Bertz CT molecular complexity index is 807. The standard InChI is InChI=1S/C18H21N3O6/c1-3-26-17-11-15(21(23)24)14(10-16(17)25-2)18(22)20-12-4-6-13(7-5-12)27-9-8-19/h4-7,10-11H,3,8-9,19H2,1-2H3,(H,20,22). The molecule has 2 rings (SSSR count). The normalized spacial score (nSPS) is 10.2. The van der Waals surface area contributed by atoms with Crippen LogP contribution in [0.15, 0.2) is 36.4 Å². The van der Waals surface area contributed by atoms with Crippen molar-refractivity contribution in [2.24, 2.45) is 5.73 Å². The highest BCUT2D eigenvalue weighted by Crippen LogP contribution is 2.35. The Morgan fingerprint density at radius 2 is 1.89 bits per heavy atom. The van der Waals surface area contributed by atoms with Crippen LogP contribution in [0, 0.1) is 10.1 Å². The van der Waals surface area contributed by atoms with Crippen molar-refractivity contribution < 1.29 is 23.9 Å². The van der Waals surface area contributed by atoms with E-state index in [1.165, 1.54) is 19.2 Å². The number of methoxy groups -OCH3 is 1. The number of nitrogens with zero attached hydrogens (tertiary/aromatic N) is 1. The van der Waals surface area contributed by atoms with E-state index in [0.29, 0.717) is 31.2 Å². The third-order valence-corrected chi connectivity index (χ3v) is 3.52. The molecule has 0 saturated carbocycles. The summed E-state index contributed by atoms with van der Waals surface area (Å²) in [4.78, 5) is 23.3. The number of ether oxygens (including phenoxy) is 3. The molecule has 0 atom stereocenters. The van der Waals surface area contributed by atoms with Gasteiger partial charge in [-0.05, 0) is 31.2 Å². The number of carbonyl (C=O) groups is 1. The number of hydrogen-bond donors (Lipinski definition) is 2. The number of carbonyl (C=O) groups excluding carboxylic acids is 1. The molecule has 1 amide bonds. The van der Waals surface area contributed by atoms with Crippen LogP contribution < -0.4 is 25.3 Å². The van der Waals surface area contributed by atoms with Crippen LogP contribution in [-0.2, 0) is 0 Å². The molecule has 0 spiro atoms. The number of nitrogens with one attached hydrogen (secondary N) is 1. The molecule has 0 aromatic heterocycles. The molecule has 3 N–H and O–H groups in total. The zero-order valence-corrected chi connectivity index (χ0v) is 15.1. The molecule has 2 aromatic carbocycles. The summed E-state index contributed by atoms with van der Waals surface area (Å²) in [5, 5.41) is 14.0. The largest absolute Gasteiger partial charge is 0.493 e. The molecule has 0 aliphatic carbocycles. The Morgan fingerprint density at radius 3 is 2.44 bits per heavy atom. The maximum atomic E-state index is 12.6. The first-order chi connectivity index (χ1) is 13.0. The van der Waals surface area contributed by atoms with E-state index in [9.17, 15) is 14.9 Å². The van der Waals surface area contributed by atoms with Crippen molar-refractivity contribution in [2.75, 3.05) is 32.2 Å². The SMILES string of the molecule is CCOc1cc([N+](=O)[O-])c(C(=O)Nc2ccc(OCCN)cc2)cc1OC. The minimum atomic E-state index is -0.640. The predicted molar refractivity (Wildman–Crippen MR) is 99.8 cm³/mol. The molecular formula is C18H21N3O6. The summed E-state index contributed by atoms with van der Waals surface area (Å²) >= 11 is 0. The monoisotopic (exact) mass is 375 g/mol. The number of nitro groups is 1. The molecule has 0 aliphatic rings. The van der Waals surface area contributed by atoms with Crippen LogP contribution in [0.1, 0.15) is 17.3 Å². The Morgan fingerprint density at radius 1 is 1.19 bits per heavy atom. The summed E-state index contributed by atoms with van der Waals surface area (Å²) in [6.07, 6.45) is 0. The molecule has 0 fully saturated rings. The van der Waals surface area contributed by atoms with E-state index in [1.807, 2.05) is 0 Å². The van der Waals surface area contributed by atoms with E-state index >= 15 is 0 Å². The molecule has 2 aromatic rings. The van der Waals surface area contributed by atoms with Gasteiger partial charge in [0.15, 0.2) is 11.5 Å². The molecule has 27 heavy (non-hydrogen) atoms. The van der Waals surface area contributed by atoms with Crippen molar-refractivity contribution in [3.05, 3.63) is 52.1 Å². The van der Waals surface area contributed by atoms with Gasteiger partial charge < -0.3 is 25.3 Å². The quantitative estimate of drug-likeness (QED) is 0.509. The highest BCUT2D eigenvalue weighted by molar-refractivity contribution is 6.07. The third kappa shape index (κ3) is 5.08. The molecule has 9 heteroatoms. The Kier molecular flexibility index (Phi) is 6.95. The van der Waals surface area contributed by atoms with Gasteiger partial charge in [0.25, 0.3) is 11.6 Å². The number of amides is 1. The van der Waals surface area contributed by atoms with E-state index in [0.717, 1.165) is 0 Å². The lowest BCUT2D eigenvalue weighted by molar-refractivity contribution is -0.385. The molecule has 0 unspecified atom stereocenters. The van der Waals surface area contributed by atoms with Crippen LogP contribution in [0.4, 0.5) is 11.4 Å². The fourth-order valence-electron chi connectivity index (χ4n) is 2.32. The second kappa shape index (κ2) is 9.39. The minimum Gasteiger partial charge on any atom is -0.493 e. The van der Waals surface area contributed by atoms with Crippen LogP contribution in [0.25, 0.3) is 0 Å². The van der Waals surface area contributed by atoms with Gasteiger partial charge in [-0.2, -0.15) is 0 Å². The molecule has 0 radical (unpaired) electrons. The van der Waals surface area contributed by atoms with Crippen molar-refractivity contribution in [1.29, 1.82) is 0 Å². The van der Waals surface area contributed by atoms with Crippen molar-refractivity contribution in [3.8, 4) is 17.2 Å². The fraction of sp³-hybridized carbons (Fsp3) is 0.278. The zero-order valence-electron chi connectivity index (χ0n) is 15.1. The van der Waals surface area contributed by atoms with Crippen LogP contribution in [0.5, 0.6) is 17.2 Å². The second-order valence-electron chi connectivity index (χ2n) is 5.33. The molecular weight excluding hydrogens is 354 g/mol. The van der Waals surface area contributed by atoms with Gasteiger partial charge in [0, 0.05) is 18.3 Å². The number of benzene rings is 2. The lowest BCUT2D eigenvalue weighted by atomic mass is 10.1. The van der Waals surface area contributed by atoms with Crippen molar-refractivity contribution in [2.45, 2.75) is 6.92 Å². The molecule has 9 nitrogen and oxygen atoms in total. The first-order valence-electron chi connectivity index (χ1n) is 8.23. The summed E-state index contributed by atoms with van der Waals surface area (Å²) in [7, 11) is 1.39. The van der Waals surface area contributed by atoms with E-state index in [4.69, 9.17) is 19.9 Å². The smallest absolute Gasteiger partial charge is 0.286 e. The number of nitro benzene ring substituents is 1. The second-order valence-corrected chi connectivity index (χ2v) is 5.33. The van der Waals surface area contributed by atoms with Gasteiger partial charge in [-0.25, -0.2) is 0 Å². The Labute approximate surface area is 156 Å². The topological polar surface area (TPSA) is 126 Å². The summed E-state index contributed by atoms with van der Waals surface area (Å²) in [6.45, 7) is 2.82. The lowest BCUT2D eigenvalue weighted by Crippen LogP contribution is -2.15. The Hall–Kier alpha value is -3.33. The van der Waals surface area contributed by atoms with Crippen molar-refractivity contribution in [1.82, 2.24) is 0 Å². The first kappa shape index (κ1) is 20.0. The van der Waals surface area contributed by atoms with Gasteiger partial charge >= 0.3 is 0 Å². The van der Waals surface area contributed by atoms with E-state index < -0.39 is 10.8 Å². The maximum Gasteiger partial charge on any atom is 0.286 e. The molecule has 0 saturated heterocycles. The summed E-state index contributed by atoms with van der Waals surface area (Å²) in [6, 6.07) is 9.05. The number of anilines is 1. The van der Waals surface area contributed by atoms with Crippen LogP contribution in [0.3, 0.4) is 0 Å². The minimum absolute atomic E-state index is 0.135. The van der Waals surface area contributed by atoms with Gasteiger partial charge in [0.05, 0.1) is 24.7 Å². The maximum absolute atomic E-state index is 12.6. The molecule has 0 heterocycles. The predicted octanol–water partition coefficient (Wildman–Crippen LogP) is 2.59. The average Bonchev–Trinajstić information content (AvgIpc) is 2.67. The van der Waals surface area contributed by atoms with E-state index in [1.54, 1.807) is 31.2 Å². The average molecular weight is 375 g/mol. The van der Waals surface area contributed by atoms with Gasteiger partial charge in [-0.3, -0.25) is 14.9 Å².